The third-order valence-electron chi connectivity index (χ3n) is 3.21. The third-order valence-corrected chi connectivity index (χ3v) is 3.54. The molecular weight excluding hydrogens is 402 g/mol. The van der Waals surface area contributed by atoms with Crippen LogP contribution in [0.4, 0.5) is 43.8 Å². The fourth-order valence-electron chi connectivity index (χ4n) is 1.96. The maximum atomic E-state index is 13.0. The van der Waals surface area contributed by atoms with E-state index in [0.29, 0.717) is 12.1 Å². The quantitative estimate of drug-likeness (QED) is 0.618. The summed E-state index contributed by atoms with van der Waals surface area (Å²) in [4.78, 5) is 7.09. The van der Waals surface area contributed by atoms with Gasteiger partial charge >= 0.3 is 12.4 Å². The minimum atomic E-state index is -4.81. The van der Waals surface area contributed by atoms with Gasteiger partial charge in [-0.2, -0.15) is 31.3 Å². The SMILES string of the molecule is C[C@H](CO)Nc1nc(Nc2ccc(Cl)c(C(F)(F)F)c2)cc(C(F)(F)F)n1. The first-order valence-corrected chi connectivity index (χ1v) is 7.75. The zero-order valence-corrected chi connectivity index (χ0v) is 14.3. The predicted molar refractivity (Wildman–Crippen MR) is 86.9 cm³/mol. The molecule has 3 N–H and O–H groups in total. The van der Waals surface area contributed by atoms with Crippen LogP contribution in [0.5, 0.6) is 0 Å². The molecule has 1 aromatic heterocycles. The molecule has 1 heterocycles. The van der Waals surface area contributed by atoms with Crippen LogP contribution in [0.15, 0.2) is 24.3 Å². The summed E-state index contributed by atoms with van der Waals surface area (Å²) in [7, 11) is 0. The number of nitrogens with zero attached hydrogens (tertiary/aromatic N) is 2. The van der Waals surface area contributed by atoms with E-state index in [1.807, 2.05) is 0 Å². The Labute approximate surface area is 154 Å². The number of halogens is 7. The molecule has 12 heteroatoms. The van der Waals surface area contributed by atoms with Crippen molar-refractivity contribution in [3.8, 4) is 0 Å². The van der Waals surface area contributed by atoms with Gasteiger partial charge in [-0.05, 0) is 25.1 Å². The Balaban J connectivity index is 2.42. The van der Waals surface area contributed by atoms with Crippen molar-refractivity contribution < 1.29 is 31.4 Å². The smallest absolute Gasteiger partial charge is 0.394 e. The van der Waals surface area contributed by atoms with Crippen molar-refractivity contribution in [2.24, 2.45) is 0 Å². The van der Waals surface area contributed by atoms with Gasteiger partial charge in [-0.15, -0.1) is 0 Å². The highest BCUT2D eigenvalue weighted by Crippen LogP contribution is 2.37. The molecule has 0 fully saturated rings. The Hall–Kier alpha value is -2.27. The maximum absolute atomic E-state index is 13.0. The number of hydrogen-bond acceptors (Lipinski definition) is 5. The molecule has 0 aliphatic rings. The van der Waals surface area contributed by atoms with Crippen LogP contribution in [0, 0.1) is 0 Å². The molecule has 0 aliphatic heterocycles. The molecule has 1 aromatic carbocycles. The number of benzene rings is 1. The van der Waals surface area contributed by atoms with E-state index in [1.165, 1.54) is 6.92 Å². The van der Waals surface area contributed by atoms with Gasteiger partial charge in [0.2, 0.25) is 5.95 Å². The lowest BCUT2D eigenvalue weighted by molar-refractivity contribution is -0.141. The fraction of sp³-hybridized carbons (Fsp3) is 0.333. The number of anilines is 3. The molecule has 0 saturated carbocycles. The van der Waals surface area contributed by atoms with Crippen LogP contribution in [0.2, 0.25) is 5.02 Å². The van der Waals surface area contributed by atoms with Crippen molar-refractivity contribution in [1.29, 1.82) is 0 Å². The fourth-order valence-corrected chi connectivity index (χ4v) is 2.18. The lowest BCUT2D eigenvalue weighted by Crippen LogP contribution is -2.22. The second kappa shape index (κ2) is 7.77. The topological polar surface area (TPSA) is 70.1 Å². The van der Waals surface area contributed by atoms with Crippen molar-refractivity contribution in [2.45, 2.75) is 25.3 Å². The largest absolute Gasteiger partial charge is 0.433 e. The molecule has 5 nitrogen and oxygen atoms in total. The van der Waals surface area contributed by atoms with Crippen molar-refractivity contribution in [3.05, 3.63) is 40.5 Å². The minimum absolute atomic E-state index is 0.167. The van der Waals surface area contributed by atoms with E-state index in [0.717, 1.165) is 12.1 Å². The number of aromatic nitrogens is 2. The Morgan fingerprint density at radius 1 is 1.07 bits per heavy atom. The molecule has 0 saturated heterocycles. The highest BCUT2D eigenvalue weighted by molar-refractivity contribution is 6.31. The van der Waals surface area contributed by atoms with E-state index in [-0.39, 0.29) is 11.5 Å². The second-order valence-electron chi connectivity index (χ2n) is 5.51. The standard InChI is InChI=1S/C15H13ClF6N4O/c1-7(6-27)23-13-25-11(15(20,21)22)5-12(26-13)24-8-2-3-10(16)9(4-8)14(17,18)19/h2-5,7,27H,6H2,1H3,(H2,23,24,25,26)/t7-/m1/s1. The summed E-state index contributed by atoms with van der Waals surface area (Å²) in [6.07, 6.45) is -9.55. The molecule has 0 radical (unpaired) electrons. The molecule has 0 bridgehead atoms. The first-order valence-electron chi connectivity index (χ1n) is 7.37. The van der Waals surface area contributed by atoms with Crippen molar-refractivity contribution in [2.75, 3.05) is 17.2 Å². The summed E-state index contributed by atoms with van der Waals surface area (Å²) in [6, 6.07) is 2.69. The molecule has 0 aliphatic carbocycles. The van der Waals surface area contributed by atoms with Gasteiger partial charge in [-0.1, -0.05) is 11.6 Å². The number of nitrogens with one attached hydrogen (secondary N) is 2. The average Bonchev–Trinajstić information content (AvgIpc) is 2.54. The molecule has 2 rings (SSSR count). The van der Waals surface area contributed by atoms with Crippen LogP contribution in [0.3, 0.4) is 0 Å². The number of hydrogen-bond donors (Lipinski definition) is 3. The average molecular weight is 415 g/mol. The van der Waals surface area contributed by atoms with Crippen LogP contribution in [0.1, 0.15) is 18.2 Å². The van der Waals surface area contributed by atoms with Gasteiger partial charge in [0, 0.05) is 17.8 Å². The highest BCUT2D eigenvalue weighted by Gasteiger charge is 2.35. The van der Waals surface area contributed by atoms with Gasteiger partial charge in [-0.25, -0.2) is 4.98 Å². The number of rotatable bonds is 5. The minimum Gasteiger partial charge on any atom is -0.394 e. The van der Waals surface area contributed by atoms with Gasteiger partial charge in [0.15, 0.2) is 5.69 Å². The summed E-state index contributed by atoms with van der Waals surface area (Å²) in [5.74, 6) is -0.834. The Morgan fingerprint density at radius 3 is 2.30 bits per heavy atom. The summed E-state index contributed by atoms with van der Waals surface area (Å²) >= 11 is 5.51. The normalized spacial score (nSPS) is 13.4. The number of aliphatic hydroxyl groups excluding tert-OH is 1. The van der Waals surface area contributed by atoms with Gasteiger partial charge < -0.3 is 15.7 Å². The lowest BCUT2D eigenvalue weighted by atomic mass is 10.2. The zero-order chi connectivity index (χ0) is 20.4. The van der Waals surface area contributed by atoms with Crippen LogP contribution >= 0.6 is 11.6 Å². The summed E-state index contributed by atoms with van der Waals surface area (Å²) < 4.78 is 77.8. The Bertz CT molecular complexity index is 812. The van der Waals surface area contributed by atoms with Gasteiger partial charge in [0.05, 0.1) is 17.2 Å². The van der Waals surface area contributed by atoms with E-state index >= 15 is 0 Å². The van der Waals surface area contributed by atoms with E-state index in [1.54, 1.807) is 0 Å². The number of aliphatic hydroxyl groups is 1. The van der Waals surface area contributed by atoms with E-state index in [9.17, 15) is 26.3 Å². The molecule has 2 aromatic rings. The molecule has 148 valence electrons. The summed E-state index contributed by atoms with van der Waals surface area (Å²) in [5.41, 5.74) is -2.62. The van der Waals surface area contributed by atoms with E-state index in [4.69, 9.17) is 16.7 Å². The van der Waals surface area contributed by atoms with Gasteiger partial charge in [0.25, 0.3) is 0 Å². The second-order valence-corrected chi connectivity index (χ2v) is 5.91. The monoisotopic (exact) mass is 414 g/mol. The van der Waals surface area contributed by atoms with Crippen LogP contribution in [-0.2, 0) is 12.4 Å². The van der Waals surface area contributed by atoms with Crippen LogP contribution in [-0.4, -0.2) is 27.7 Å². The zero-order valence-electron chi connectivity index (χ0n) is 13.6. The molecular formula is C15H13ClF6N4O. The molecule has 0 unspecified atom stereocenters. The van der Waals surface area contributed by atoms with Crippen molar-refractivity contribution >= 4 is 29.1 Å². The third kappa shape index (κ3) is 5.60. The first-order chi connectivity index (χ1) is 12.4. The number of alkyl halides is 6. The maximum Gasteiger partial charge on any atom is 0.433 e. The van der Waals surface area contributed by atoms with Crippen LogP contribution < -0.4 is 10.6 Å². The van der Waals surface area contributed by atoms with E-state index in [2.05, 4.69) is 20.6 Å². The predicted octanol–water partition coefficient (Wildman–Crippen LogP) is 4.70. The summed E-state index contributed by atoms with van der Waals surface area (Å²) in [6.45, 7) is 1.08. The molecule has 0 amide bonds. The lowest BCUT2D eigenvalue weighted by Gasteiger charge is -2.16. The van der Waals surface area contributed by atoms with Crippen LogP contribution in [0.25, 0.3) is 0 Å². The van der Waals surface area contributed by atoms with E-state index < -0.39 is 47.2 Å². The summed E-state index contributed by atoms with van der Waals surface area (Å²) in [5, 5.41) is 13.3. The van der Waals surface area contributed by atoms with Gasteiger partial charge in [0.1, 0.15) is 5.82 Å². The molecule has 27 heavy (non-hydrogen) atoms. The Kier molecular flexibility index (Phi) is 6.05. The van der Waals surface area contributed by atoms with Crippen molar-refractivity contribution in [1.82, 2.24) is 9.97 Å². The molecule has 1 atom stereocenters. The first kappa shape index (κ1) is 21.0. The van der Waals surface area contributed by atoms with Gasteiger partial charge in [-0.3, -0.25) is 0 Å². The highest BCUT2D eigenvalue weighted by atomic mass is 35.5. The molecule has 0 spiro atoms. The van der Waals surface area contributed by atoms with Crippen molar-refractivity contribution in [3.63, 3.8) is 0 Å². The Morgan fingerprint density at radius 2 is 1.74 bits per heavy atom.